The molecule has 0 aliphatic heterocycles. The highest BCUT2D eigenvalue weighted by atomic mass is 79.9. The third-order valence-corrected chi connectivity index (χ3v) is 3.78. The normalized spacial score (nSPS) is 10.5. The first kappa shape index (κ1) is 12.9. The minimum absolute atomic E-state index is 0.504. The van der Waals surface area contributed by atoms with Crippen molar-refractivity contribution in [2.45, 2.75) is 17.6 Å². The molecular weight excluding hydrogens is 320 g/mol. The molecule has 0 aliphatic rings. The van der Waals surface area contributed by atoms with E-state index in [0.29, 0.717) is 5.15 Å². The molecule has 0 radical (unpaired) electrons. The second-order valence-corrected chi connectivity index (χ2v) is 5.84. The molecule has 0 saturated carbocycles. The van der Waals surface area contributed by atoms with E-state index in [1.165, 1.54) is 4.90 Å². The van der Waals surface area contributed by atoms with Gasteiger partial charge in [-0.25, -0.2) is 9.97 Å². The smallest absolute Gasteiger partial charge is 0.140 e. The third kappa shape index (κ3) is 3.98. The number of nitrogens with zero attached hydrogens (tertiary/aromatic N) is 2. The number of aromatic nitrogens is 2. The van der Waals surface area contributed by atoms with Gasteiger partial charge in [0, 0.05) is 15.1 Å². The molecule has 2 rings (SSSR count). The van der Waals surface area contributed by atoms with E-state index in [2.05, 4.69) is 38.0 Å². The van der Waals surface area contributed by atoms with Crippen LogP contribution in [-0.2, 0) is 5.75 Å². The average molecular weight is 330 g/mol. The lowest BCUT2D eigenvalue weighted by Gasteiger charge is -2.02. The Labute approximate surface area is 118 Å². The van der Waals surface area contributed by atoms with Gasteiger partial charge in [-0.3, -0.25) is 0 Å². The SMILES string of the molecule is Cc1cc(Cl)nc(CSc2ccc(Br)cc2)n1. The van der Waals surface area contributed by atoms with Crippen LogP contribution in [0.15, 0.2) is 39.7 Å². The Balaban J connectivity index is 2.04. The Morgan fingerprint density at radius 2 is 1.94 bits per heavy atom. The first-order chi connectivity index (χ1) is 8.13. The fraction of sp³-hybridized carbons (Fsp3) is 0.167. The van der Waals surface area contributed by atoms with Crippen LogP contribution in [-0.4, -0.2) is 9.97 Å². The van der Waals surface area contributed by atoms with Crippen molar-refractivity contribution in [1.82, 2.24) is 9.97 Å². The van der Waals surface area contributed by atoms with Gasteiger partial charge in [-0.05, 0) is 37.3 Å². The Kier molecular flexibility index (Phi) is 4.42. The summed E-state index contributed by atoms with van der Waals surface area (Å²) in [5.74, 6) is 1.49. The van der Waals surface area contributed by atoms with Crippen LogP contribution in [0.4, 0.5) is 0 Å². The number of rotatable bonds is 3. The van der Waals surface area contributed by atoms with Crippen molar-refractivity contribution in [2.24, 2.45) is 0 Å². The minimum Gasteiger partial charge on any atom is -0.237 e. The summed E-state index contributed by atoms with van der Waals surface area (Å²) in [6, 6.07) is 9.92. The first-order valence-corrected chi connectivity index (χ1v) is 7.17. The summed E-state index contributed by atoms with van der Waals surface area (Å²) in [5, 5.41) is 0.504. The topological polar surface area (TPSA) is 25.8 Å². The second-order valence-electron chi connectivity index (χ2n) is 3.49. The van der Waals surface area contributed by atoms with Crippen LogP contribution >= 0.6 is 39.3 Å². The maximum atomic E-state index is 5.89. The molecule has 2 aromatic rings. The molecule has 2 nitrogen and oxygen atoms in total. The van der Waals surface area contributed by atoms with Crippen LogP contribution in [0, 0.1) is 6.92 Å². The molecule has 0 aliphatic carbocycles. The summed E-state index contributed by atoms with van der Waals surface area (Å²) < 4.78 is 1.08. The van der Waals surface area contributed by atoms with E-state index in [1.807, 2.05) is 19.1 Å². The van der Waals surface area contributed by atoms with Crippen molar-refractivity contribution in [3.63, 3.8) is 0 Å². The highest BCUT2D eigenvalue weighted by Gasteiger charge is 2.02. The van der Waals surface area contributed by atoms with Crippen molar-refractivity contribution >= 4 is 39.3 Å². The molecule has 1 aromatic heterocycles. The van der Waals surface area contributed by atoms with E-state index in [9.17, 15) is 0 Å². The van der Waals surface area contributed by atoms with Crippen molar-refractivity contribution in [2.75, 3.05) is 0 Å². The zero-order valence-electron chi connectivity index (χ0n) is 9.15. The van der Waals surface area contributed by atoms with Crippen molar-refractivity contribution < 1.29 is 0 Å². The van der Waals surface area contributed by atoms with E-state index < -0.39 is 0 Å². The highest BCUT2D eigenvalue weighted by Crippen LogP contribution is 2.23. The van der Waals surface area contributed by atoms with Crippen LogP contribution in [0.25, 0.3) is 0 Å². The largest absolute Gasteiger partial charge is 0.237 e. The van der Waals surface area contributed by atoms with E-state index >= 15 is 0 Å². The minimum atomic E-state index is 0.504. The molecule has 0 bridgehead atoms. The predicted molar refractivity (Wildman–Crippen MR) is 75.5 cm³/mol. The van der Waals surface area contributed by atoms with Gasteiger partial charge in [-0.1, -0.05) is 27.5 Å². The molecule has 0 fully saturated rings. The lowest BCUT2D eigenvalue weighted by atomic mass is 10.4. The molecular formula is C12H10BrClN2S. The van der Waals surface area contributed by atoms with Crippen LogP contribution in [0.3, 0.4) is 0 Å². The Hall–Kier alpha value is -0.580. The maximum Gasteiger partial charge on any atom is 0.140 e. The third-order valence-electron chi connectivity index (χ3n) is 2.05. The molecule has 88 valence electrons. The van der Waals surface area contributed by atoms with Crippen LogP contribution in [0.2, 0.25) is 5.15 Å². The second kappa shape index (κ2) is 5.85. The highest BCUT2D eigenvalue weighted by molar-refractivity contribution is 9.10. The zero-order chi connectivity index (χ0) is 12.3. The number of hydrogen-bond acceptors (Lipinski definition) is 3. The van der Waals surface area contributed by atoms with Crippen molar-refractivity contribution in [3.05, 3.63) is 51.5 Å². The molecule has 1 aromatic carbocycles. The molecule has 1 heterocycles. The monoisotopic (exact) mass is 328 g/mol. The fourth-order valence-electron chi connectivity index (χ4n) is 1.33. The van der Waals surface area contributed by atoms with E-state index in [4.69, 9.17) is 11.6 Å². The number of hydrogen-bond donors (Lipinski definition) is 0. The van der Waals surface area contributed by atoms with Gasteiger partial charge >= 0.3 is 0 Å². The lowest BCUT2D eigenvalue weighted by Crippen LogP contribution is -1.95. The molecule has 5 heteroatoms. The van der Waals surface area contributed by atoms with E-state index in [-0.39, 0.29) is 0 Å². The molecule has 0 amide bonds. The van der Waals surface area contributed by atoms with Crippen molar-refractivity contribution in [1.29, 1.82) is 0 Å². The maximum absolute atomic E-state index is 5.89. The van der Waals surface area contributed by atoms with E-state index in [0.717, 1.165) is 21.7 Å². The summed E-state index contributed by atoms with van der Waals surface area (Å²) in [7, 11) is 0. The number of benzene rings is 1. The first-order valence-electron chi connectivity index (χ1n) is 5.02. The summed E-state index contributed by atoms with van der Waals surface area (Å²) in [5.41, 5.74) is 0.899. The fourth-order valence-corrected chi connectivity index (χ4v) is 2.61. The molecule has 0 atom stereocenters. The van der Waals surface area contributed by atoms with Gasteiger partial charge in [0.15, 0.2) is 0 Å². The van der Waals surface area contributed by atoms with Gasteiger partial charge in [0.05, 0.1) is 5.75 Å². The Morgan fingerprint density at radius 1 is 1.24 bits per heavy atom. The summed E-state index contributed by atoms with van der Waals surface area (Å²) >= 11 is 11.0. The summed E-state index contributed by atoms with van der Waals surface area (Å²) in [6.45, 7) is 1.92. The standard InChI is InChI=1S/C12H10BrClN2S/c1-8-6-11(14)16-12(15-8)7-17-10-4-2-9(13)3-5-10/h2-6H,7H2,1H3. The van der Waals surface area contributed by atoms with Gasteiger partial charge in [0.25, 0.3) is 0 Å². The molecule has 0 spiro atoms. The van der Waals surface area contributed by atoms with Crippen molar-refractivity contribution in [3.8, 4) is 0 Å². The van der Waals surface area contributed by atoms with Gasteiger partial charge in [0.1, 0.15) is 11.0 Å². The average Bonchev–Trinajstić information content (AvgIpc) is 2.27. The van der Waals surface area contributed by atoms with Gasteiger partial charge < -0.3 is 0 Å². The number of thioether (sulfide) groups is 1. The van der Waals surface area contributed by atoms with E-state index in [1.54, 1.807) is 17.8 Å². The number of halogens is 2. The van der Waals surface area contributed by atoms with Gasteiger partial charge in [-0.2, -0.15) is 0 Å². The summed E-state index contributed by atoms with van der Waals surface area (Å²) in [4.78, 5) is 9.72. The van der Waals surface area contributed by atoms with Crippen LogP contribution < -0.4 is 0 Å². The lowest BCUT2D eigenvalue weighted by molar-refractivity contribution is 0.996. The summed E-state index contributed by atoms with van der Waals surface area (Å²) in [6.07, 6.45) is 0. The van der Waals surface area contributed by atoms with Crippen LogP contribution in [0.1, 0.15) is 11.5 Å². The Bertz CT molecular complexity index is 496. The predicted octanol–water partition coefficient (Wildman–Crippen LogP) is 4.49. The quantitative estimate of drug-likeness (QED) is 0.613. The van der Waals surface area contributed by atoms with Gasteiger partial charge in [-0.15, -0.1) is 11.8 Å². The Morgan fingerprint density at radius 3 is 2.59 bits per heavy atom. The molecule has 0 unspecified atom stereocenters. The molecule has 0 saturated heterocycles. The molecule has 17 heavy (non-hydrogen) atoms. The molecule has 0 N–H and O–H groups in total. The van der Waals surface area contributed by atoms with Crippen LogP contribution in [0.5, 0.6) is 0 Å². The van der Waals surface area contributed by atoms with Gasteiger partial charge in [0.2, 0.25) is 0 Å². The zero-order valence-corrected chi connectivity index (χ0v) is 12.3. The number of aryl methyl sites for hydroxylation is 1.